The predicted octanol–water partition coefficient (Wildman–Crippen LogP) is 6.48. The van der Waals surface area contributed by atoms with Crippen molar-refractivity contribution in [1.29, 1.82) is 0 Å². The Hall–Kier alpha value is -2.90. The van der Waals surface area contributed by atoms with Crippen LogP contribution in [0.1, 0.15) is 80.0 Å². The number of carbonyl (C=O) groups is 2. The van der Waals surface area contributed by atoms with Gasteiger partial charge in [-0.05, 0) is 60.7 Å². The molecular weight excluding hydrogens is 472 g/mol. The lowest BCUT2D eigenvalue weighted by Gasteiger charge is -2.12. The van der Waals surface area contributed by atoms with Gasteiger partial charge in [-0.1, -0.05) is 52.2 Å². The molecule has 0 bridgehead atoms. The van der Waals surface area contributed by atoms with Gasteiger partial charge in [0, 0.05) is 13.2 Å². The van der Waals surface area contributed by atoms with Gasteiger partial charge in [0.2, 0.25) is 0 Å². The lowest BCUT2D eigenvalue weighted by Crippen LogP contribution is -2.14. The summed E-state index contributed by atoms with van der Waals surface area (Å²) in [5, 5.41) is 0. The zero-order valence-electron chi connectivity index (χ0n) is 22.6. The van der Waals surface area contributed by atoms with Crippen molar-refractivity contribution in [2.45, 2.75) is 59.3 Å². The van der Waals surface area contributed by atoms with Gasteiger partial charge in [0.1, 0.15) is 19.0 Å². The third kappa shape index (κ3) is 11.8. The third-order valence-electron chi connectivity index (χ3n) is 5.56. The van der Waals surface area contributed by atoms with E-state index in [1.54, 1.807) is 12.1 Å². The van der Waals surface area contributed by atoms with Gasteiger partial charge in [-0.2, -0.15) is 0 Å². The molecule has 0 saturated heterocycles. The summed E-state index contributed by atoms with van der Waals surface area (Å²) in [6, 6.07) is 12.5. The first-order valence-corrected chi connectivity index (χ1v) is 13.5. The second-order valence-electron chi connectivity index (χ2n) is 8.73. The molecule has 7 heteroatoms. The van der Waals surface area contributed by atoms with Crippen LogP contribution in [0.15, 0.2) is 42.5 Å². The van der Waals surface area contributed by atoms with Crippen LogP contribution in [0.2, 0.25) is 0 Å². The monoisotopic (exact) mass is 514 g/mol. The number of rotatable bonds is 19. The Morgan fingerprint density at radius 2 is 1.05 bits per heavy atom. The minimum Gasteiger partial charge on any atom is -0.494 e. The van der Waals surface area contributed by atoms with E-state index in [0.717, 1.165) is 49.8 Å². The molecule has 0 aromatic heterocycles. The average Bonchev–Trinajstić information content (AvgIpc) is 2.92. The Kier molecular flexibility index (Phi) is 15.0. The van der Waals surface area contributed by atoms with Gasteiger partial charge >= 0.3 is 11.9 Å². The molecular formula is C30H42O7. The van der Waals surface area contributed by atoms with Gasteiger partial charge in [0.15, 0.2) is 0 Å². The molecule has 0 fully saturated rings. The number of ether oxygens (including phenoxy) is 5. The van der Waals surface area contributed by atoms with Crippen LogP contribution in [-0.4, -0.2) is 58.2 Å². The highest BCUT2D eigenvalue weighted by molar-refractivity contribution is 5.97. The van der Waals surface area contributed by atoms with Crippen molar-refractivity contribution in [3.8, 4) is 16.9 Å². The zero-order valence-corrected chi connectivity index (χ0v) is 22.6. The highest BCUT2D eigenvalue weighted by atomic mass is 16.6. The standard InChI is InChI=1S/C30H42O7/c1-4-7-14-33-17-19-36-29(31)26-21-25(24-10-12-28(13-11-24)35-16-9-6-3)22-27(23-26)30(32)37-20-18-34-15-8-5-2/h10-13,21-23H,4-9,14-20H2,1-3H3. The van der Waals surface area contributed by atoms with Crippen LogP contribution < -0.4 is 4.74 Å². The maximum Gasteiger partial charge on any atom is 0.338 e. The first-order chi connectivity index (χ1) is 18.1. The van der Waals surface area contributed by atoms with Gasteiger partial charge in [-0.15, -0.1) is 0 Å². The first kappa shape index (κ1) is 30.3. The molecule has 0 spiro atoms. The first-order valence-electron chi connectivity index (χ1n) is 13.5. The largest absolute Gasteiger partial charge is 0.494 e. The van der Waals surface area contributed by atoms with Crippen molar-refractivity contribution in [3.05, 3.63) is 53.6 Å². The summed E-state index contributed by atoms with van der Waals surface area (Å²) < 4.78 is 27.5. The van der Waals surface area contributed by atoms with E-state index < -0.39 is 11.9 Å². The Morgan fingerprint density at radius 3 is 1.54 bits per heavy atom. The van der Waals surface area contributed by atoms with Crippen molar-refractivity contribution < 1.29 is 33.3 Å². The van der Waals surface area contributed by atoms with Crippen molar-refractivity contribution in [2.24, 2.45) is 0 Å². The van der Waals surface area contributed by atoms with Crippen molar-refractivity contribution >= 4 is 11.9 Å². The average molecular weight is 515 g/mol. The third-order valence-corrected chi connectivity index (χ3v) is 5.56. The van der Waals surface area contributed by atoms with Crippen LogP contribution in [0.4, 0.5) is 0 Å². The van der Waals surface area contributed by atoms with Crippen LogP contribution in [0, 0.1) is 0 Å². The number of hydrogen-bond donors (Lipinski definition) is 0. The maximum absolute atomic E-state index is 12.8. The molecule has 0 aliphatic heterocycles. The summed E-state index contributed by atoms with van der Waals surface area (Å²) in [5.41, 5.74) is 2.11. The SMILES string of the molecule is CCCCOCCOC(=O)c1cc(C(=O)OCCOCCCC)cc(-c2ccc(OCCCC)cc2)c1. The molecule has 0 atom stereocenters. The fourth-order valence-electron chi connectivity index (χ4n) is 3.36. The van der Waals surface area contributed by atoms with E-state index in [1.165, 1.54) is 6.07 Å². The number of carbonyl (C=O) groups excluding carboxylic acids is 2. The van der Waals surface area contributed by atoms with E-state index in [0.29, 0.717) is 38.6 Å². The molecule has 0 aliphatic carbocycles. The van der Waals surface area contributed by atoms with E-state index >= 15 is 0 Å². The minimum atomic E-state index is -0.516. The molecule has 7 nitrogen and oxygen atoms in total. The van der Waals surface area contributed by atoms with Crippen molar-refractivity contribution in [1.82, 2.24) is 0 Å². The molecule has 2 aromatic carbocycles. The number of benzene rings is 2. The molecule has 0 amide bonds. The van der Waals surface area contributed by atoms with Gasteiger partial charge in [-0.25, -0.2) is 9.59 Å². The summed E-state index contributed by atoms with van der Waals surface area (Å²) in [4.78, 5) is 25.6. The normalized spacial score (nSPS) is 10.8. The van der Waals surface area contributed by atoms with Crippen molar-refractivity contribution in [3.63, 3.8) is 0 Å². The summed E-state index contributed by atoms with van der Waals surface area (Å²) in [5.74, 6) is -0.256. The second-order valence-corrected chi connectivity index (χ2v) is 8.73. The Labute approximate surface area is 221 Å². The number of esters is 2. The molecule has 0 heterocycles. The van der Waals surface area contributed by atoms with Crippen LogP contribution in [0.3, 0.4) is 0 Å². The summed E-state index contributed by atoms with van der Waals surface area (Å²) >= 11 is 0. The van der Waals surface area contributed by atoms with E-state index in [1.807, 2.05) is 24.3 Å². The fraction of sp³-hybridized carbons (Fsp3) is 0.533. The van der Waals surface area contributed by atoms with Gasteiger partial charge in [0.05, 0.1) is 30.9 Å². The zero-order chi connectivity index (χ0) is 26.7. The topological polar surface area (TPSA) is 80.3 Å². The minimum absolute atomic E-state index is 0.144. The van der Waals surface area contributed by atoms with E-state index in [-0.39, 0.29) is 24.3 Å². The maximum atomic E-state index is 12.8. The molecule has 0 unspecified atom stereocenters. The quantitative estimate of drug-likeness (QED) is 0.157. The lowest BCUT2D eigenvalue weighted by molar-refractivity contribution is 0.0310. The van der Waals surface area contributed by atoms with Gasteiger partial charge in [0.25, 0.3) is 0 Å². The lowest BCUT2D eigenvalue weighted by atomic mass is 9.99. The molecule has 0 N–H and O–H groups in total. The van der Waals surface area contributed by atoms with Crippen LogP contribution in [0.25, 0.3) is 11.1 Å². The Balaban J connectivity index is 2.12. The summed E-state index contributed by atoms with van der Waals surface area (Å²) in [7, 11) is 0. The Bertz CT molecular complexity index is 878. The molecule has 0 saturated carbocycles. The van der Waals surface area contributed by atoms with Gasteiger partial charge in [-0.3, -0.25) is 0 Å². The van der Waals surface area contributed by atoms with E-state index in [4.69, 9.17) is 23.7 Å². The predicted molar refractivity (Wildman–Crippen MR) is 144 cm³/mol. The highest BCUT2D eigenvalue weighted by Gasteiger charge is 2.16. The number of unbranched alkanes of at least 4 members (excludes halogenated alkanes) is 3. The second kappa shape index (κ2) is 18.4. The Morgan fingerprint density at radius 1 is 0.568 bits per heavy atom. The van der Waals surface area contributed by atoms with E-state index in [2.05, 4.69) is 20.8 Å². The summed E-state index contributed by atoms with van der Waals surface area (Å²) in [6.07, 6.45) is 6.08. The molecule has 0 aliphatic rings. The fourth-order valence-corrected chi connectivity index (χ4v) is 3.36. The number of hydrogen-bond acceptors (Lipinski definition) is 7. The highest BCUT2D eigenvalue weighted by Crippen LogP contribution is 2.26. The van der Waals surface area contributed by atoms with Gasteiger partial charge < -0.3 is 23.7 Å². The van der Waals surface area contributed by atoms with Crippen molar-refractivity contribution in [2.75, 3.05) is 46.2 Å². The molecule has 37 heavy (non-hydrogen) atoms. The van der Waals surface area contributed by atoms with Crippen LogP contribution in [-0.2, 0) is 18.9 Å². The molecule has 0 radical (unpaired) electrons. The smallest absolute Gasteiger partial charge is 0.338 e. The van der Waals surface area contributed by atoms with Crippen LogP contribution in [0.5, 0.6) is 5.75 Å². The molecule has 2 rings (SSSR count). The molecule has 204 valence electrons. The molecule has 2 aromatic rings. The summed E-state index contributed by atoms with van der Waals surface area (Å²) in [6.45, 7) is 9.19. The van der Waals surface area contributed by atoms with Crippen LogP contribution >= 0.6 is 0 Å². The van der Waals surface area contributed by atoms with E-state index in [9.17, 15) is 9.59 Å².